The van der Waals surface area contributed by atoms with E-state index in [1.165, 1.54) is 0 Å². The second kappa shape index (κ2) is 9.54. The van der Waals surface area contributed by atoms with E-state index in [4.69, 9.17) is 5.26 Å². The van der Waals surface area contributed by atoms with Crippen molar-refractivity contribution < 1.29 is 4.79 Å². The minimum Gasteiger partial charge on any atom is -0.331 e. The van der Waals surface area contributed by atoms with E-state index in [0.29, 0.717) is 24.2 Å². The van der Waals surface area contributed by atoms with Gasteiger partial charge in [-0.2, -0.15) is 5.26 Å². The third-order valence-electron chi connectivity index (χ3n) is 4.05. The summed E-state index contributed by atoms with van der Waals surface area (Å²) in [7, 11) is 0. The summed E-state index contributed by atoms with van der Waals surface area (Å²) in [5, 5.41) is 9.83. The average Bonchev–Trinajstić information content (AvgIpc) is 2.75. The monoisotopic (exact) mass is 385 g/mol. The molecular weight excluding hydrogens is 366 g/mol. The van der Waals surface area contributed by atoms with Gasteiger partial charge in [0.05, 0.1) is 11.6 Å². The summed E-state index contributed by atoms with van der Waals surface area (Å²) in [6.07, 6.45) is 3.48. The van der Waals surface area contributed by atoms with E-state index in [1.807, 2.05) is 54.6 Å². The Morgan fingerprint density at radius 3 is 2.46 bits per heavy atom. The molecule has 0 aliphatic heterocycles. The van der Waals surface area contributed by atoms with Crippen LogP contribution in [-0.2, 0) is 6.54 Å². The van der Waals surface area contributed by atoms with Crippen LogP contribution in [0.15, 0.2) is 95.5 Å². The van der Waals surface area contributed by atoms with E-state index < -0.39 is 0 Å². The maximum absolute atomic E-state index is 12.9. The Morgan fingerprint density at radius 1 is 1.11 bits per heavy atom. The molecule has 3 rings (SSSR count). The summed E-state index contributed by atoms with van der Waals surface area (Å²) in [4.78, 5) is 20.0. The van der Waals surface area contributed by atoms with E-state index in [1.54, 1.807) is 41.1 Å². The van der Waals surface area contributed by atoms with Crippen LogP contribution in [0.25, 0.3) is 0 Å². The SMILES string of the molecule is C=CCN(Cc1ccc(C#N)cc1)C(=O)c1ccc(Sc2ccccn2)cc1. The van der Waals surface area contributed by atoms with Crippen molar-refractivity contribution in [2.24, 2.45) is 0 Å². The van der Waals surface area contributed by atoms with Crippen molar-refractivity contribution in [1.29, 1.82) is 5.26 Å². The lowest BCUT2D eigenvalue weighted by atomic mass is 10.1. The highest BCUT2D eigenvalue weighted by molar-refractivity contribution is 7.99. The van der Waals surface area contributed by atoms with Crippen molar-refractivity contribution in [3.8, 4) is 6.07 Å². The van der Waals surface area contributed by atoms with Gasteiger partial charge in [0.1, 0.15) is 5.03 Å². The van der Waals surface area contributed by atoms with E-state index in [-0.39, 0.29) is 5.91 Å². The van der Waals surface area contributed by atoms with Gasteiger partial charge in [0.15, 0.2) is 0 Å². The summed E-state index contributed by atoms with van der Waals surface area (Å²) >= 11 is 1.55. The molecule has 138 valence electrons. The standard InChI is InChI=1S/C23H19N3OS/c1-2-15-26(17-19-8-6-18(16-24)7-9-19)23(27)20-10-12-21(13-11-20)28-22-5-3-4-14-25-22/h2-14H,1,15,17H2. The molecule has 3 aromatic rings. The van der Waals surface area contributed by atoms with Crippen LogP contribution in [-0.4, -0.2) is 22.3 Å². The minimum absolute atomic E-state index is 0.0568. The number of carbonyl (C=O) groups excluding carboxylic acids is 1. The third kappa shape index (κ3) is 5.09. The molecule has 0 aliphatic rings. The number of nitrogens with zero attached hydrogens (tertiary/aromatic N) is 3. The zero-order valence-electron chi connectivity index (χ0n) is 15.3. The molecule has 1 heterocycles. The van der Waals surface area contributed by atoms with E-state index in [0.717, 1.165) is 15.5 Å². The zero-order chi connectivity index (χ0) is 19.8. The summed E-state index contributed by atoms with van der Waals surface area (Å²) < 4.78 is 0. The molecular formula is C23H19N3OS. The Balaban J connectivity index is 1.71. The molecule has 0 spiro atoms. The van der Waals surface area contributed by atoms with Crippen LogP contribution in [0, 0.1) is 11.3 Å². The maximum atomic E-state index is 12.9. The Morgan fingerprint density at radius 2 is 1.86 bits per heavy atom. The Kier molecular flexibility index (Phi) is 6.61. The number of nitriles is 1. The van der Waals surface area contributed by atoms with Crippen LogP contribution in [0.3, 0.4) is 0 Å². The van der Waals surface area contributed by atoms with Crippen molar-refractivity contribution in [3.63, 3.8) is 0 Å². The van der Waals surface area contributed by atoms with Gasteiger partial charge in [-0.15, -0.1) is 6.58 Å². The largest absolute Gasteiger partial charge is 0.331 e. The van der Waals surface area contributed by atoms with Crippen molar-refractivity contribution in [2.45, 2.75) is 16.5 Å². The summed E-state index contributed by atoms with van der Waals surface area (Å²) in [6.45, 7) is 4.67. The third-order valence-corrected chi connectivity index (χ3v) is 5.01. The fourth-order valence-corrected chi connectivity index (χ4v) is 3.43. The molecule has 0 fully saturated rings. The van der Waals surface area contributed by atoms with Gasteiger partial charge < -0.3 is 4.90 Å². The van der Waals surface area contributed by atoms with Gasteiger partial charge in [-0.25, -0.2) is 4.98 Å². The molecule has 28 heavy (non-hydrogen) atoms. The fraction of sp³-hybridized carbons (Fsp3) is 0.0870. The molecule has 5 heteroatoms. The molecule has 4 nitrogen and oxygen atoms in total. The van der Waals surface area contributed by atoms with Crippen LogP contribution in [0.1, 0.15) is 21.5 Å². The number of aromatic nitrogens is 1. The quantitative estimate of drug-likeness (QED) is 0.541. The zero-order valence-corrected chi connectivity index (χ0v) is 16.1. The normalized spacial score (nSPS) is 10.1. The van der Waals surface area contributed by atoms with Crippen molar-refractivity contribution in [1.82, 2.24) is 9.88 Å². The van der Waals surface area contributed by atoms with Gasteiger partial charge >= 0.3 is 0 Å². The van der Waals surface area contributed by atoms with Gasteiger partial charge in [-0.3, -0.25) is 4.79 Å². The molecule has 0 saturated heterocycles. The number of pyridine rings is 1. The van der Waals surface area contributed by atoms with Gasteiger partial charge in [0.25, 0.3) is 5.91 Å². The van der Waals surface area contributed by atoms with Gasteiger partial charge in [-0.05, 0) is 54.1 Å². The molecule has 0 bridgehead atoms. The van der Waals surface area contributed by atoms with E-state index >= 15 is 0 Å². The maximum Gasteiger partial charge on any atom is 0.254 e. The van der Waals surface area contributed by atoms with Crippen LogP contribution in [0.5, 0.6) is 0 Å². The number of amides is 1. The fourth-order valence-electron chi connectivity index (χ4n) is 2.66. The van der Waals surface area contributed by atoms with Gasteiger partial charge in [0.2, 0.25) is 0 Å². The second-order valence-electron chi connectivity index (χ2n) is 6.08. The van der Waals surface area contributed by atoms with Crippen LogP contribution < -0.4 is 0 Å². The predicted octanol–water partition coefficient (Wildman–Crippen LogP) is 4.93. The highest BCUT2D eigenvalue weighted by Gasteiger charge is 2.15. The first-order valence-electron chi connectivity index (χ1n) is 8.78. The van der Waals surface area contributed by atoms with Gasteiger partial charge in [-0.1, -0.05) is 36.0 Å². The Labute approximate surface area is 169 Å². The van der Waals surface area contributed by atoms with Crippen LogP contribution >= 0.6 is 11.8 Å². The van der Waals surface area contributed by atoms with E-state index in [2.05, 4.69) is 17.6 Å². The molecule has 0 radical (unpaired) electrons. The first-order valence-corrected chi connectivity index (χ1v) is 9.59. The van der Waals surface area contributed by atoms with Crippen LogP contribution in [0.2, 0.25) is 0 Å². The van der Waals surface area contributed by atoms with Crippen LogP contribution in [0.4, 0.5) is 0 Å². The average molecular weight is 385 g/mol. The molecule has 0 aliphatic carbocycles. The lowest BCUT2D eigenvalue weighted by Gasteiger charge is -2.21. The number of hydrogen-bond donors (Lipinski definition) is 0. The smallest absolute Gasteiger partial charge is 0.254 e. The Bertz CT molecular complexity index is 977. The van der Waals surface area contributed by atoms with Crippen molar-refractivity contribution in [2.75, 3.05) is 6.54 Å². The topological polar surface area (TPSA) is 57.0 Å². The number of rotatable bonds is 7. The number of carbonyl (C=O) groups is 1. The molecule has 1 aromatic heterocycles. The molecule has 0 N–H and O–H groups in total. The predicted molar refractivity (Wildman–Crippen MR) is 111 cm³/mol. The first kappa shape index (κ1) is 19.4. The first-order chi connectivity index (χ1) is 13.7. The molecule has 2 aromatic carbocycles. The summed E-state index contributed by atoms with van der Waals surface area (Å²) in [6, 6.07) is 22.7. The summed E-state index contributed by atoms with van der Waals surface area (Å²) in [5.41, 5.74) is 2.20. The lowest BCUT2D eigenvalue weighted by molar-refractivity contribution is 0.0762. The highest BCUT2D eigenvalue weighted by atomic mass is 32.2. The lowest BCUT2D eigenvalue weighted by Crippen LogP contribution is -2.30. The van der Waals surface area contributed by atoms with Crippen molar-refractivity contribution in [3.05, 3.63) is 102 Å². The minimum atomic E-state index is -0.0568. The van der Waals surface area contributed by atoms with E-state index in [9.17, 15) is 4.79 Å². The molecule has 0 saturated carbocycles. The van der Waals surface area contributed by atoms with Gasteiger partial charge in [0, 0.05) is 29.7 Å². The molecule has 1 amide bonds. The highest BCUT2D eigenvalue weighted by Crippen LogP contribution is 2.26. The summed E-state index contributed by atoms with van der Waals surface area (Å²) in [5.74, 6) is -0.0568. The number of hydrogen-bond acceptors (Lipinski definition) is 4. The second-order valence-corrected chi connectivity index (χ2v) is 7.17. The molecule has 0 atom stereocenters. The van der Waals surface area contributed by atoms with Crippen molar-refractivity contribution >= 4 is 17.7 Å². The number of benzene rings is 2. The Hall–Kier alpha value is -3.36. The molecule has 0 unspecified atom stereocenters.